The summed E-state index contributed by atoms with van der Waals surface area (Å²) in [4.78, 5) is 8.21. The molecule has 0 fully saturated rings. The van der Waals surface area contributed by atoms with E-state index in [1.807, 2.05) is 72.9 Å². The van der Waals surface area contributed by atoms with Gasteiger partial charge < -0.3 is 14.1 Å². The first-order chi connectivity index (χ1) is 13.8. The second-order valence-electron chi connectivity index (χ2n) is 6.54. The van der Waals surface area contributed by atoms with Crippen LogP contribution in [0.25, 0.3) is 44.9 Å². The Morgan fingerprint density at radius 2 is 1.57 bits per heavy atom. The van der Waals surface area contributed by atoms with Crippen LogP contribution in [-0.2, 0) is 0 Å². The maximum Gasteiger partial charge on any atom is 0.227 e. The van der Waals surface area contributed by atoms with Gasteiger partial charge in [0.25, 0.3) is 0 Å². The summed E-state index contributed by atoms with van der Waals surface area (Å²) in [5, 5.41) is 1.12. The zero-order valence-corrected chi connectivity index (χ0v) is 15.3. The predicted molar refractivity (Wildman–Crippen MR) is 111 cm³/mol. The number of para-hydroxylation sites is 1. The summed E-state index contributed by atoms with van der Waals surface area (Å²) in [6.07, 6.45) is 1.99. The molecule has 2 aromatic heterocycles. The molecule has 0 bridgehead atoms. The third kappa shape index (κ3) is 2.76. The zero-order chi connectivity index (χ0) is 18.9. The smallest absolute Gasteiger partial charge is 0.227 e. The van der Waals surface area contributed by atoms with E-state index in [1.165, 1.54) is 0 Å². The minimum Gasteiger partial charge on any atom is -0.497 e. The van der Waals surface area contributed by atoms with E-state index in [9.17, 15) is 0 Å². The minimum atomic E-state index is 0.603. The first-order valence-electron chi connectivity index (χ1n) is 9.10. The van der Waals surface area contributed by atoms with Gasteiger partial charge in [-0.2, -0.15) is 0 Å². The maximum absolute atomic E-state index is 6.27. The normalized spacial score (nSPS) is 11.0. The lowest BCUT2D eigenvalue weighted by Crippen LogP contribution is -1.84. The number of hydrogen-bond donors (Lipinski definition) is 1. The molecule has 0 radical (unpaired) electrons. The number of nitrogens with zero attached hydrogens (tertiary/aromatic N) is 1. The molecular formula is C24H18N2O2. The van der Waals surface area contributed by atoms with Crippen molar-refractivity contribution in [3.8, 4) is 39.8 Å². The van der Waals surface area contributed by atoms with Crippen LogP contribution in [0.5, 0.6) is 5.75 Å². The molecule has 0 atom stereocenters. The number of benzene rings is 3. The van der Waals surface area contributed by atoms with Gasteiger partial charge in [0.2, 0.25) is 5.89 Å². The number of aromatic nitrogens is 2. The van der Waals surface area contributed by atoms with Crippen LogP contribution in [0.3, 0.4) is 0 Å². The highest BCUT2D eigenvalue weighted by Crippen LogP contribution is 2.39. The summed E-state index contributed by atoms with van der Waals surface area (Å²) in [5.41, 5.74) is 4.82. The molecule has 5 rings (SSSR count). The van der Waals surface area contributed by atoms with Crippen molar-refractivity contribution in [2.45, 2.75) is 0 Å². The van der Waals surface area contributed by atoms with Crippen LogP contribution in [0.15, 0.2) is 89.5 Å². The lowest BCUT2D eigenvalue weighted by atomic mass is 10.1. The van der Waals surface area contributed by atoms with E-state index in [2.05, 4.69) is 17.1 Å². The number of nitrogens with one attached hydrogen (secondary N) is 1. The van der Waals surface area contributed by atoms with Crippen LogP contribution in [0, 0.1) is 0 Å². The van der Waals surface area contributed by atoms with Gasteiger partial charge in [-0.25, -0.2) is 4.98 Å². The SMILES string of the molecule is COc1ccc(-c2oc(-c3ccccc3)nc2-c2c[nH]c3ccccc23)cc1. The summed E-state index contributed by atoms with van der Waals surface area (Å²) in [6.45, 7) is 0. The Morgan fingerprint density at radius 3 is 2.36 bits per heavy atom. The van der Waals surface area contributed by atoms with E-state index in [0.717, 1.165) is 44.8 Å². The molecule has 3 aromatic carbocycles. The highest BCUT2D eigenvalue weighted by molar-refractivity contribution is 5.97. The monoisotopic (exact) mass is 366 g/mol. The fraction of sp³-hybridized carbons (Fsp3) is 0.0417. The third-order valence-electron chi connectivity index (χ3n) is 4.84. The molecule has 2 heterocycles. The largest absolute Gasteiger partial charge is 0.497 e. The van der Waals surface area contributed by atoms with Gasteiger partial charge in [0.1, 0.15) is 11.4 Å². The molecule has 0 saturated heterocycles. The van der Waals surface area contributed by atoms with E-state index >= 15 is 0 Å². The van der Waals surface area contributed by atoms with Gasteiger partial charge in [0.15, 0.2) is 5.76 Å². The van der Waals surface area contributed by atoms with Crippen molar-refractivity contribution in [3.05, 3.63) is 85.1 Å². The van der Waals surface area contributed by atoms with Crippen molar-refractivity contribution in [3.63, 3.8) is 0 Å². The van der Waals surface area contributed by atoms with Crippen LogP contribution in [0.1, 0.15) is 0 Å². The molecule has 0 aliphatic rings. The quantitative estimate of drug-likeness (QED) is 0.414. The van der Waals surface area contributed by atoms with Crippen LogP contribution in [0.2, 0.25) is 0 Å². The second-order valence-corrected chi connectivity index (χ2v) is 6.54. The molecule has 0 saturated carbocycles. The first-order valence-corrected chi connectivity index (χ1v) is 9.10. The molecule has 5 aromatic rings. The summed E-state index contributed by atoms with van der Waals surface area (Å²) < 4.78 is 11.6. The number of ether oxygens (including phenoxy) is 1. The fourth-order valence-corrected chi connectivity index (χ4v) is 3.41. The van der Waals surface area contributed by atoms with Crippen LogP contribution in [0.4, 0.5) is 0 Å². The lowest BCUT2D eigenvalue weighted by molar-refractivity contribution is 0.415. The Bertz CT molecular complexity index is 1230. The molecule has 0 spiro atoms. The molecule has 136 valence electrons. The summed E-state index contributed by atoms with van der Waals surface area (Å²) in [6, 6.07) is 26.0. The van der Waals surface area contributed by atoms with Crippen molar-refractivity contribution < 1.29 is 9.15 Å². The van der Waals surface area contributed by atoms with Crippen molar-refractivity contribution in [2.75, 3.05) is 7.11 Å². The molecule has 0 unspecified atom stereocenters. The summed E-state index contributed by atoms with van der Waals surface area (Å²) in [7, 11) is 1.66. The van der Waals surface area contributed by atoms with Gasteiger partial charge in [-0.05, 0) is 42.5 Å². The van der Waals surface area contributed by atoms with Crippen molar-refractivity contribution in [2.24, 2.45) is 0 Å². The molecular weight excluding hydrogens is 348 g/mol. The lowest BCUT2D eigenvalue weighted by Gasteiger charge is -2.03. The molecule has 1 N–H and O–H groups in total. The number of H-pyrrole nitrogens is 1. The van der Waals surface area contributed by atoms with Gasteiger partial charge >= 0.3 is 0 Å². The number of rotatable bonds is 4. The summed E-state index contributed by atoms with van der Waals surface area (Å²) in [5.74, 6) is 2.15. The average Bonchev–Trinajstić information content (AvgIpc) is 3.39. The van der Waals surface area contributed by atoms with Gasteiger partial charge in [-0.15, -0.1) is 0 Å². The van der Waals surface area contributed by atoms with E-state index < -0.39 is 0 Å². The van der Waals surface area contributed by atoms with Gasteiger partial charge in [0, 0.05) is 33.8 Å². The van der Waals surface area contributed by atoms with Crippen molar-refractivity contribution >= 4 is 10.9 Å². The van der Waals surface area contributed by atoms with E-state index in [4.69, 9.17) is 14.1 Å². The third-order valence-corrected chi connectivity index (χ3v) is 4.84. The number of methoxy groups -OCH3 is 1. The zero-order valence-electron chi connectivity index (χ0n) is 15.3. The number of oxazole rings is 1. The predicted octanol–water partition coefficient (Wildman–Crippen LogP) is 6.17. The van der Waals surface area contributed by atoms with Gasteiger partial charge in [0.05, 0.1) is 7.11 Å². The number of hydrogen-bond acceptors (Lipinski definition) is 3. The van der Waals surface area contributed by atoms with Crippen LogP contribution < -0.4 is 4.74 Å². The van der Waals surface area contributed by atoms with Crippen molar-refractivity contribution in [1.29, 1.82) is 0 Å². The standard InChI is InChI=1S/C24H18N2O2/c1-27-18-13-11-16(12-14-18)23-22(20-15-25-21-10-6-5-9-19(20)21)26-24(28-23)17-7-3-2-4-8-17/h2-15,25H,1H3. The topological polar surface area (TPSA) is 51.1 Å². The Balaban J connectivity index is 1.73. The van der Waals surface area contributed by atoms with Crippen LogP contribution >= 0.6 is 0 Å². The highest BCUT2D eigenvalue weighted by Gasteiger charge is 2.20. The van der Waals surface area contributed by atoms with E-state index in [-0.39, 0.29) is 0 Å². The number of fused-ring (bicyclic) bond motifs is 1. The Hall–Kier alpha value is -3.79. The Kier molecular flexibility index (Phi) is 3.95. The van der Waals surface area contributed by atoms with Gasteiger partial charge in [-0.1, -0.05) is 36.4 Å². The van der Waals surface area contributed by atoms with Crippen molar-refractivity contribution in [1.82, 2.24) is 9.97 Å². The molecule has 4 heteroatoms. The first kappa shape index (κ1) is 16.4. The Labute approximate surface area is 162 Å². The minimum absolute atomic E-state index is 0.603. The number of aromatic amines is 1. The van der Waals surface area contributed by atoms with Crippen LogP contribution in [-0.4, -0.2) is 17.1 Å². The second kappa shape index (κ2) is 6.74. The highest BCUT2D eigenvalue weighted by atomic mass is 16.5. The maximum atomic E-state index is 6.27. The molecule has 0 aliphatic heterocycles. The van der Waals surface area contributed by atoms with E-state index in [1.54, 1.807) is 7.11 Å². The molecule has 28 heavy (non-hydrogen) atoms. The van der Waals surface area contributed by atoms with Gasteiger partial charge in [-0.3, -0.25) is 0 Å². The van der Waals surface area contributed by atoms with E-state index in [0.29, 0.717) is 5.89 Å². The molecule has 0 amide bonds. The molecule has 0 aliphatic carbocycles. The average molecular weight is 366 g/mol. The fourth-order valence-electron chi connectivity index (χ4n) is 3.41. The summed E-state index contributed by atoms with van der Waals surface area (Å²) >= 11 is 0. The molecule has 4 nitrogen and oxygen atoms in total. The Morgan fingerprint density at radius 1 is 0.821 bits per heavy atom.